The van der Waals surface area contributed by atoms with Crippen LogP contribution in [0.15, 0.2) is 48.7 Å². The molecule has 106 valence electrons. The molecule has 0 radical (unpaired) electrons. The lowest BCUT2D eigenvalue weighted by Gasteiger charge is -2.10. The van der Waals surface area contributed by atoms with Crippen LogP contribution >= 0.6 is 0 Å². The number of hydrogen-bond donors (Lipinski definition) is 3. The highest BCUT2D eigenvalue weighted by Gasteiger charge is 2.10. The maximum Gasteiger partial charge on any atom is 0.324 e. The summed E-state index contributed by atoms with van der Waals surface area (Å²) in [5.74, 6) is 0.465. The number of hydrogen-bond acceptors (Lipinski definition) is 3. The molecule has 0 fully saturated rings. The van der Waals surface area contributed by atoms with Gasteiger partial charge in [-0.2, -0.15) is 5.10 Å². The van der Waals surface area contributed by atoms with Crippen molar-refractivity contribution >= 4 is 34.0 Å². The van der Waals surface area contributed by atoms with Crippen LogP contribution in [0.1, 0.15) is 0 Å². The number of carbonyl (C=O) groups excluding carboxylic acids is 1. The number of nitrogens with one attached hydrogen (secondary N) is 2. The first-order valence-electron chi connectivity index (χ1n) is 6.48. The number of nitrogens with two attached hydrogens (primary N) is 1. The maximum absolute atomic E-state index is 12.1. The third-order valence-electron chi connectivity index (χ3n) is 3.24. The van der Waals surface area contributed by atoms with Crippen molar-refractivity contribution in [1.82, 2.24) is 9.78 Å². The second-order valence-corrected chi connectivity index (χ2v) is 4.68. The second kappa shape index (κ2) is 5.16. The van der Waals surface area contributed by atoms with Gasteiger partial charge >= 0.3 is 6.03 Å². The zero-order valence-corrected chi connectivity index (χ0v) is 11.5. The second-order valence-electron chi connectivity index (χ2n) is 4.68. The number of urea groups is 1. The fraction of sp³-hybridized carbons (Fsp3) is 0.0667. The van der Waals surface area contributed by atoms with E-state index in [-0.39, 0.29) is 6.03 Å². The average molecular weight is 281 g/mol. The molecular weight excluding hydrogens is 266 g/mol. The molecule has 0 saturated heterocycles. The summed E-state index contributed by atoms with van der Waals surface area (Å²) >= 11 is 0. The summed E-state index contributed by atoms with van der Waals surface area (Å²) < 4.78 is 1.51. The molecule has 0 unspecified atom stereocenters. The molecule has 0 saturated carbocycles. The molecule has 1 aromatic heterocycles. The van der Waals surface area contributed by atoms with E-state index in [9.17, 15) is 4.79 Å². The van der Waals surface area contributed by atoms with Gasteiger partial charge in [-0.25, -0.2) is 4.79 Å². The molecule has 0 aliphatic heterocycles. The molecule has 1 heterocycles. The highest BCUT2D eigenvalue weighted by atomic mass is 16.2. The van der Waals surface area contributed by atoms with E-state index in [1.165, 1.54) is 10.9 Å². The number of benzene rings is 2. The Bertz CT molecular complexity index is 784. The van der Waals surface area contributed by atoms with Crippen molar-refractivity contribution in [3.63, 3.8) is 0 Å². The molecule has 2 amide bonds. The van der Waals surface area contributed by atoms with Crippen molar-refractivity contribution in [2.45, 2.75) is 0 Å². The van der Waals surface area contributed by atoms with E-state index < -0.39 is 0 Å². The number of nitrogen functional groups attached to an aromatic ring is 1. The Hall–Kier alpha value is -3.02. The lowest BCUT2D eigenvalue weighted by molar-refractivity contribution is 0.262. The summed E-state index contributed by atoms with van der Waals surface area (Å²) in [4.78, 5) is 12.1. The van der Waals surface area contributed by atoms with Crippen molar-refractivity contribution in [2.24, 2.45) is 7.05 Å². The third kappa shape index (κ3) is 2.51. The molecule has 0 atom stereocenters. The highest BCUT2D eigenvalue weighted by molar-refractivity contribution is 6.06. The number of aromatic nitrogens is 2. The van der Waals surface area contributed by atoms with Crippen molar-refractivity contribution < 1.29 is 4.79 Å². The van der Waals surface area contributed by atoms with Gasteiger partial charge in [0.05, 0.1) is 17.6 Å². The first kappa shape index (κ1) is 13.0. The average Bonchev–Trinajstić information content (AvgIpc) is 2.79. The van der Waals surface area contributed by atoms with Gasteiger partial charge in [-0.15, -0.1) is 0 Å². The number of amides is 2. The van der Waals surface area contributed by atoms with Crippen LogP contribution in [0.2, 0.25) is 0 Å². The maximum atomic E-state index is 12.1. The molecule has 0 aliphatic rings. The van der Waals surface area contributed by atoms with Crippen molar-refractivity contribution in [3.05, 3.63) is 48.7 Å². The van der Waals surface area contributed by atoms with E-state index >= 15 is 0 Å². The minimum absolute atomic E-state index is 0.360. The molecule has 0 spiro atoms. The third-order valence-corrected chi connectivity index (χ3v) is 3.24. The smallest absolute Gasteiger partial charge is 0.324 e. The Labute approximate surface area is 121 Å². The molecule has 3 rings (SSSR count). The molecular formula is C15H15N5O. The molecule has 21 heavy (non-hydrogen) atoms. The number of fused-ring (bicyclic) bond motifs is 1. The Kier molecular flexibility index (Phi) is 3.19. The van der Waals surface area contributed by atoms with E-state index in [1.54, 1.807) is 7.05 Å². The first-order valence-corrected chi connectivity index (χ1v) is 6.48. The predicted octanol–water partition coefficient (Wildman–Crippen LogP) is 2.80. The fourth-order valence-corrected chi connectivity index (χ4v) is 2.20. The van der Waals surface area contributed by atoms with E-state index in [0.717, 1.165) is 16.5 Å². The molecule has 3 aromatic rings. The van der Waals surface area contributed by atoms with Crippen molar-refractivity contribution in [3.8, 4) is 0 Å². The van der Waals surface area contributed by atoms with Gasteiger partial charge in [-0.3, -0.25) is 10.00 Å². The summed E-state index contributed by atoms with van der Waals surface area (Å²) in [5.41, 5.74) is 6.91. The van der Waals surface area contributed by atoms with E-state index in [1.807, 2.05) is 42.5 Å². The lowest BCUT2D eigenvalue weighted by Crippen LogP contribution is -2.21. The van der Waals surface area contributed by atoms with Crippen LogP contribution in [0.25, 0.3) is 10.8 Å². The highest BCUT2D eigenvalue weighted by Crippen LogP contribution is 2.23. The summed E-state index contributed by atoms with van der Waals surface area (Å²) in [6.07, 6.45) is 1.49. The number of nitrogens with zero attached hydrogens (tertiary/aromatic N) is 2. The molecule has 6 heteroatoms. The monoisotopic (exact) mass is 281 g/mol. The molecule has 4 N–H and O–H groups in total. The Morgan fingerprint density at radius 2 is 1.90 bits per heavy atom. The van der Waals surface area contributed by atoms with Crippen LogP contribution in [0.4, 0.5) is 22.0 Å². The van der Waals surface area contributed by atoms with Crippen LogP contribution in [0, 0.1) is 0 Å². The van der Waals surface area contributed by atoms with E-state index in [2.05, 4.69) is 15.7 Å². The van der Waals surface area contributed by atoms with Gasteiger partial charge < -0.3 is 11.1 Å². The van der Waals surface area contributed by atoms with Gasteiger partial charge in [-0.1, -0.05) is 36.4 Å². The quantitative estimate of drug-likeness (QED) is 0.675. The van der Waals surface area contributed by atoms with Crippen LogP contribution in [-0.2, 0) is 7.05 Å². The van der Waals surface area contributed by atoms with Gasteiger partial charge in [0.1, 0.15) is 0 Å². The SMILES string of the molecule is Cn1ncc(N)c1NC(=O)Nc1cccc2ccccc12. The van der Waals surface area contributed by atoms with Crippen molar-refractivity contribution in [2.75, 3.05) is 16.4 Å². The van der Waals surface area contributed by atoms with Gasteiger partial charge in [0, 0.05) is 12.4 Å². The normalized spacial score (nSPS) is 10.5. The van der Waals surface area contributed by atoms with Crippen LogP contribution in [0.3, 0.4) is 0 Å². The fourth-order valence-electron chi connectivity index (χ4n) is 2.20. The van der Waals surface area contributed by atoms with Gasteiger partial charge in [0.15, 0.2) is 5.82 Å². The van der Waals surface area contributed by atoms with Crippen LogP contribution < -0.4 is 16.4 Å². The summed E-state index contributed by atoms with van der Waals surface area (Å²) in [7, 11) is 1.71. The van der Waals surface area contributed by atoms with Crippen LogP contribution in [-0.4, -0.2) is 15.8 Å². The number of aryl methyl sites for hydroxylation is 1. The molecule has 6 nitrogen and oxygen atoms in total. The van der Waals surface area contributed by atoms with Gasteiger partial charge in [0.2, 0.25) is 0 Å². The number of carbonyl (C=O) groups is 1. The molecule has 2 aromatic carbocycles. The first-order chi connectivity index (χ1) is 10.1. The van der Waals surface area contributed by atoms with Crippen LogP contribution in [0.5, 0.6) is 0 Å². The van der Waals surface area contributed by atoms with Gasteiger partial charge in [-0.05, 0) is 11.5 Å². The summed E-state index contributed by atoms with van der Waals surface area (Å²) in [6, 6.07) is 13.2. The van der Waals surface area contributed by atoms with E-state index in [4.69, 9.17) is 5.73 Å². The Morgan fingerprint density at radius 3 is 2.67 bits per heavy atom. The number of rotatable bonds is 2. The lowest BCUT2D eigenvalue weighted by atomic mass is 10.1. The van der Waals surface area contributed by atoms with Crippen molar-refractivity contribution in [1.29, 1.82) is 0 Å². The zero-order valence-electron chi connectivity index (χ0n) is 11.5. The zero-order chi connectivity index (χ0) is 14.8. The standard InChI is InChI=1S/C15H15N5O/c1-20-14(12(16)9-17-20)19-15(21)18-13-8-4-6-10-5-2-3-7-11(10)13/h2-9H,16H2,1H3,(H2,18,19,21). The predicted molar refractivity (Wildman–Crippen MR) is 84.2 cm³/mol. The Balaban J connectivity index is 1.84. The molecule has 0 aliphatic carbocycles. The number of anilines is 3. The topological polar surface area (TPSA) is 85.0 Å². The minimum atomic E-state index is -0.360. The minimum Gasteiger partial charge on any atom is -0.394 e. The van der Waals surface area contributed by atoms with Gasteiger partial charge in [0.25, 0.3) is 0 Å². The summed E-state index contributed by atoms with van der Waals surface area (Å²) in [6.45, 7) is 0. The summed E-state index contributed by atoms with van der Waals surface area (Å²) in [5, 5.41) is 11.5. The van der Waals surface area contributed by atoms with E-state index in [0.29, 0.717) is 11.5 Å². The Morgan fingerprint density at radius 1 is 1.14 bits per heavy atom. The molecule has 0 bridgehead atoms. The largest absolute Gasteiger partial charge is 0.394 e.